The van der Waals surface area contributed by atoms with Crippen LogP contribution in [0.1, 0.15) is 0 Å². The highest BCUT2D eigenvalue weighted by molar-refractivity contribution is 7.40. The van der Waals surface area contributed by atoms with Crippen LogP contribution in [0.4, 0.5) is 0 Å². The quantitative estimate of drug-likeness (QED) is 0.415. The van der Waals surface area contributed by atoms with Crippen molar-refractivity contribution in [1.82, 2.24) is 0 Å². The van der Waals surface area contributed by atoms with Crippen LogP contribution in [0.25, 0.3) is 0 Å². The summed E-state index contributed by atoms with van der Waals surface area (Å²) in [7, 11) is 1.54. The van der Waals surface area contributed by atoms with Crippen molar-refractivity contribution in [1.29, 1.82) is 0 Å². The van der Waals surface area contributed by atoms with Crippen molar-refractivity contribution in [2.24, 2.45) is 0 Å². The maximum atomic E-state index is 2.50. The zero-order chi connectivity index (χ0) is 5.15. The Bertz CT molecular complexity index is 27.0. The molecule has 0 aromatic heterocycles. The van der Waals surface area contributed by atoms with Gasteiger partial charge < -0.3 is 0 Å². The van der Waals surface area contributed by atoms with Crippen molar-refractivity contribution in [3.8, 4) is 0 Å². The molecule has 0 rings (SSSR count). The van der Waals surface area contributed by atoms with Gasteiger partial charge in [0, 0.05) is 16.1 Å². The second-order valence-electron chi connectivity index (χ2n) is 2.49. The third kappa shape index (κ3) is 2.87. The second kappa shape index (κ2) is 2.76. The molecule has 0 amide bonds. The van der Waals surface area contributed by atoms with Crippen LogP contribution >= 0.6 is 0 Å². The SMILES string of the molecule is C[SiH](C)[SiH](C)[SiH3]. The van der Waals surface area contributed by atoms with Crippen LogP contribution in [0.2, 0.25) is 19.6 Å². The van der Waals surface area contributed by atoms with Gasteiger partial charge in [-0.25, -0.2) is 0 Å². The largest absolute Gasteiger partial charge is 0.0766 e. The highest BCUT2D eigenvalue weighted by Gasteiger charge is 1.99. The Balaban J connectivity index is 2.99. The van der Waals surface area contributed by atoms with Gasteiger partial charge in [0.1, 0.15) is 0 Å². The van der Waals surface area contributed by atoms with E-state index in [2.05, 4.69) is 19.6 Å². The monoisotopic (exact) mass is 134 g/mol. The standard InChI is InChI=1S/C3H14Si3/c1-5(2)6(3)4/h5-6H,1-4H3. The molecule has 0 bridgehead atoms. The van der Waals surface area contributed by atoms with Crippen molar-refractivity contribution in [2.75, 3.05) is 0 Å². The molecule has 38 valence electrons. The molecule has 0 aromatic carbocycles. The molecule has 3 heteroatoms. The Morgan fingerprint density at radius 2 is 1.33 bits per heavy atom. The molecule has 0 radical (unpaired) electrons. The fraction of sp³-hybridized carbons (Fsp3) is 1.00. The minimum atomic E-state index is -0.0432. The smallest absolute Gasteiger partial charge is 0.0181 e. The molecule has 0 aliphatic rings. The van der Waals surface area contributed by atoms with E-state index in [0.717, 1.165) is 0 Å². The molecule has 1 unspecified atom stereocenters. The second-order valence-corrected chi connectivity index (χ2v) is 24.9. The van der Waals surface area contributed by atoms with E-state index in [4.69, 9.17) is 0 Å². The maximum absolute atomic E-state index is 2.50. The molecule has 0 saturated heterocycles. The van der Waals surface area contributed by atoms with E-state index in [-0.39, 0.29) is 16.1 Å². The van der Waals surface area contributed by atoms with Crippen LogP contribution in [0.15, 0.2) is 0 Å². The zero-order valence-electron chi connectivity index (χ0n) is 5.15. The fourth-order valence-electron chi connectivity index (χ4n) is 0. The molecule has 0 aliphatic heterocycles. The molecule has 0 aromatic rings. The summed E-state index contributed by atoms with van der Waals surface area (Å²) in [6.07, 6.45) is 0. The molecule has 0 aliphatic carbocycles. The van der Waals surface area contributed by atoms with E-state index in [1.165, 1.54) is 0 Å². The molecule has 0 heterocycles. The summed E-state index contributed by atoms with van der Waals surface area (Å²) in [5.74, 6) is 0. The first kappa shape index (κ1) is 6.65. The van der Waals surface area contributed by atoms with E-state index in [1.807, 2.05) is 0 Å². The van der Waals surface area contributed by atoms with Crippen LogP contribution in [-0.2, 0) is 0 Å². The minimum Gasteiger partial charge on any atom is -0.0766 e. The lowest BCUT2D eigenvalue weighted by molar-refractivity contribution is 2.06. The zero-order valence-corrected chi connectivity index (χ0v) is 9.46. The first-order chi connectivity index (χ1) is 2.64. The molecule has 0 nitrogen and oxygen atoms in total. The van der Waals surface area contributed by atoms with Crippen molar-refractivity contribution in [3.05, 3.63) is 0 Å². The summed E-state index contributed by atoms with van der Waals surface area (Å²) in [5.41, 5.74) is 0. The molecule has 0 spiro atoms. The molecule has 6 heavy (non-hydrogen) atoms. The Morgan fingerprint density at radius 3 is 1.33 bits per heavy atom. The summed E-state index contributed by atoms with van der Waals surface area (Å²) in [6, 6.07) is 0. The third-order valence-corrected chi connectivity index (χ3v) is 24.0. The molecule has 1 atom stereocenters. The first-order valence-electron chi connectivity index (χ1n) is 2.64. The number of hydrogen-bond acceptors (Lipinski definition) is 0. The van der Waals surface area contributed by atoms with Crippen LogP contribution < -0.4 is 0 Å². The predicted molar refractivity (Wildman–Crippen MR) is 41.8 cm³/mol. The van der Waals surface area contributed by atoms with Crippen molar-refractivity contribution in [2.45, 2.75) is 19.6 Å². The number of rotatable bonds is 1. The van der Waals surface area contributed by atoms with Crippen molar-refractivity contribution in [3.63, 3.8) is 0 Å². The van der Waals surface area contributed by atoms with E-state index in [0.29, 0.717) is 0 Å². The summed E-state index contributed by atoms with van der Waals surface area (Å²) in [4.78, 5) is 0. The fourth-order valence-corrected chi connectivity index (χ4v) is 0. The van der Waals surface area contributed by atoms with Crippen molar-refractivity contribution >= 4 is 25.9 Å². The van der Waals surface area contributed by atoms with Gasteiger partial charge in [-0.1, -0.05) is 19.6 Å². The topological polar surface area (TPSA) is 0 Å². The highest BCUT2D eigenvalue weighted by Crippen LogP contribution is 1.80. The van der Waals surface area contributed by atoms with Gasteiger partial charge in [0.15, 0.2) is 0 Å². The Kier molecular flexibility index (Phi) is 3.06. The lowest BCUT2D eigenvalue weighted by Crippen LogP contribution is -2.26. The minimum absolute atomic E-state index is 0.0340. The molecule has 0 saturated carbocycles. The van der Waals surface area contributed by atoms with Gasteiger partial charge in [0.05, 0.1) is 0 Å². The third-order valence-electron chi connectivity index (χ3n) is 1.33. The Hall–Kier alpha value is 0.651. The number of hydrogen-bond donors (Lipinski definition) is 0. The van der Waals surface area contributed by atoms with Crippen LogP contribution in [0.5, 0.6) is 0 Å². The van der Waals surface area contributed by atoms with Crippen molar-refractivity contribution < 1.29 is 0 Å². The summed E-state index contributed by atoms with van der Waals surface area (Å²) < 4.78 is 0. The van der Waals surface area contributed by atoms with E-state index in [1.54, 1.807) is 9.76 Å². The Morgan fingerprint density at radius 1 is 1.17 bits per heavy atom. The normalized spacial score (nSPS) is 16.0. The summed E-state index contributed by atoms with van der Waals surface area (Å²) in [6.45, 7) is 7.46. The average Bonchev–Trinajstić information content (AvgIpc) is 1.36. The lowest BCUT2D eigenvalue weighted by Gasteiger charge is -2.01. The van der Waals surface area contributed by atoms with Crippen LogP contribution in [0.3, 0.4) is 0 Å². The van der Waals surface area contributed by atoms with Gasteiger partial charge >= 0.3 is 0 Å². The van der Waals surface area contributed by atoms with E-state index >= 15 is 0 Å². The van der Waals surface area contributed by atoms with Crippen LogP contribution in [-0.4, -0.2) is 25.9 Å². The molecule has 0 fully saturated rings. The predicted octanol–water partition coefficient (Wildman–Crippen LogP) is -0.730. The molecule has 0 N–H and O–H groups in total. The maximum Gasteiger partial charge on any atom is 0.0181 e. The Labute approximate surface area is 46.2 Å². The van der Waals surface area contributed by atoms with E-state index in [9.17, 15) is 0 Å². The van der Waals surface area contributed by atoms with Gasteiger partial charge in [0.2, 0.25) is 0 Å². The van der Waals surface area contributed by atoms with Gasteiger partial charge in [0.25, 0.3) is 0 Å². The average molecular weight is 134 g/mol. The molecular formula is C3H14Si3. The first-order valence-corrected chi connectivity index (χ1v) is 13.4. The highest BCUT2D eigenvalue weighted by atomic mass is 29.6. The van der Waals surface area contributed by atoms with Gasteiger partial charge in [-0.3, -0.25) is 0 Å². The van der Waals surface area contributed by atoms with Gasteiger partial charge in [-0.05, 0) is 9.76 Å². The summed E-state index contributed by atoms with van der Waals surface area (Å²) >= 11 is 0. The van der Waals surface area contributed by atoms with Gasteiger partial charge in [-0.15, -0.1) is 0 Å². The lowest BCUT2D eigenvalue weighted by atomic mass is 11.9. The summed E-state index contributed by atoms with van der Waals surface area (Å²) in [5, 5.41) is 0. The van der Waals surface area contributed by atoms with E-state index < -0.39 is 0 Å². The molecular weight excluding hydrogens is 120 g/mol. The van der Waals surface area contributed by atoms with Gasteiger partial charge in [-0.2, -0.15) is 0 Å². The van der Waals surface area contributed by atoms with Crippen LogP contribution in [0, 0.1) is 0 Å².